The van der Waals surface area contributed by atoms with E-state index in [9.17, 15) is 0 Å². The lowest BCUT2D eigenvalue weighted by atomic mass is 10.0. The number of hydrogen-bond donors (Lipinski definition) is 1. The number of nitrogens with two attached hydrogens (primary N) is 1. The molecule has 0 bridgehead atoms. The lowest BCUT2D eigenvalue weighted by Crippen LogP contribution is -2.13. The van der Waals surface area contributed by atoms with Gasteiger partial charge in [0, 0.05) is 11.4 Å². The smallest absolute Gasteiger partial charge is 0.138 e. The molecule has 0 saturated carbocycles. The standard InChI is InChI=1S/C15H27N3S/c1-5-13-12(7-8-16)14(6-2)18-15(17-13)10-19-9-11(3)4/h11H,5-10,16H2,1-4H3. The molecule has 0 amide bonds. The van der Waals surface area contributed by atoms with Gasteiger partial charge in [-0.3, -0.25) is 0 Å². The van der Waals surface area contributed by atoms with Crippen LogP contribution < -0.4 is 5.73 Å². The third-order valence-corrected chi connectivity index (χ3v) is 4.34. The van der Waals surface area contributed by atoms with Crippen LogP contribution >= 0.6 is 11.8 Å². The predicted octanol–water partition coefficient (Wildman–Crippen LogP) is 2.99. The molecule has 4 heteroatoms. The molecule has 0 atom stereocenters. The summed E-state index contributed by atoms with van der Waals surface area (Å²) in [6.07, 6.45) is 2.82. The molecule has 1 heterocycles. The molecule has 0 fully saturated rings. The lowest BCUT2D eigenvalue weighted by molar-refractivity contribution is 0.749. The van der Waals surface area contributed by atoms with E-state index in [0.717, 1.165) is 42.5 Å². The molecule has 0 unspecified atom stereocenters. The van der Waals surface area contributed by atoms with Gasteiger partial charge in [-0.15, -0.1) is 0 Å². The molecule has 2 N–H and O–H groups in total. The fraction of sp³-hybridized carbons (Fsp3) is 0.733. The number of aromatic nitrogens is 2. The van der Waals surface area contributed by atoms with Gasteiger partial charge in [0.05, 0.1) is 5.75 Å². The van der Waals surface area contributed by atoms with Gasteiger partial charge in [-0.05, 0) is 43.0 Å². The van der Waals surface area contributed by atoms with Crippen LogP contribution in [0.2, 0.25) is 0 Å². The van der Waals surface area contributed by atoms with E-state index in [4.69, 9.17) is 15.7 Å². The number of aryl methyl sites for hydroxylation is 2. The zero-order valence-corrected chi connectivity index (χ0v) is 13.5. The molecule has 0 aliphatic rings. The minimum absolute atomic E-state index is 0.671. The Hall–Kier alpha value is -0.610. The van der Waals surface area contributed by atoms with Crippen LogP contribution in [0.15, 0.2) is 0 Å². The van der Waals surface area contributed by atoms with Gasteiger partial charge in [0.1, 0.15) is 5.82 Å². The summed E-state index contributed by atoms with van der Waals surface area (Å²) in [6, 6.07) is 0. The fourth-order valence-electron chi connectivity index (χ4n) is 2.11. The minimum Gasteiger partial charge on any atom is -0.330 e. The largest absolute Gasteiger partial charge is 0.330 e. The van der Waals surface area contributed by atoms with Crippen LogP contribution in [-0.4, -0.2) is 22.3 Å². The number of hydrogen-bond acceptors (Lipinski definition) is 4. The summed E-state index contributed by atoms with van der Waals surface area (Å²) in [4.78, 5) is 9.46. The SMILES string of the molecule is CCc1nc(CSCC(C)C)nc(CC)c1CCN. The highest BCUT2D eigenvalue weighted by Gasteiger charge is 2.11. The summed E-state index contributed by atoms with van der Waals surface area (Å²) in [7, 11) is 0. The Balaban J connectivity index is 2.89. The van der Waals surface area contributed by atoms with E-state index in [1.54, 1.807) is 0 Å². The average molecular weight is 281 g/mol. The van der Waals surface area contributed by atoms with Gasteiger partial charge < -0.3 is 5.73 Å². The third-order valence-electron chi connectivity index (χ3n) is 2.97. The highest BCUT2D eigenvalue weighted by molar-refractivity contribution is 7.98. The molecule has 1 rings (SSSR count). The van der Waals surface area contributed by atoms with E-state index in [2.05, 4.69) is 27.7 Å². The first-order chi connectivity index (χ1) is 9.12. The first-order valence-corrected chi connectivity index (χ1v) is 8.43. The van der Waals surface area contributed by atoms with E-state index >= 15 is 0 Å². The van der Waals surface area contributed by atoms with Crippen molar-refractivity contribution in [2.45, 2.75) is 52.7 Å². The Bertz CT molecular complexity index is 366. The van der Waals surface area contributed by atoms with Gasteiger partial charge in [-0.1, -0.05) is 27.7 Å². The maximum Gasteiger partial charge on any atom is 0.138 e. The predicted molar refractivity (Wildman–Crippen MR) is 84.5 cm³/mol. The third kappa shape index (κ3) is 5.11. The summed E-state index contributed by atoms with van der Waals surface area (Å²) in [5, 5.41) is 0. The maximum atomic E-state index is 5.70. The van der Waals surface area contributed by atoms with Crippen LogP contribution in [0, 0.1) is 5.92 Å². The average Bonchev–Trinajstić information content (AvgIpc) is 2.39. The van der Waals surface area contributed by atoms with Crippen molar-refractivity contribution in [1.29, 1.82) is 0 Å². The van der Waals surface area contributed by atoms with E-state index in [0.29, 0.717) is 6.54 Å². The van der Waals surface area contributed by atoms with Crippen molar-refractivity contribution in [2.75, 3.05) is 12.3 Å². The summed E-state index contributed by atoms with van der Waals surface area (Å²) in [5.74, 6) is 3.79. The molecule has 1 aromatic heterocycles. The normalized spacial score (nSPS) is 11.3. The van der Waals surface area contributed by atoms with Crippen molar-refractivity contribution in [3.8, 4) is 0 Å². The Morgan fingerprint density at radius 2 is 1.68 bits per heavy atom. The summed E-state index contributed by atoms with van der Waals surface area (Å²) < 4.78 is 0. The summed E-state index contributed by atoms with van der Waals surface area (Å²) in [6.45, 7) is 9.48. The van der Waals surface area contributed by atoms with Crippen molar-refractivity contribution in [1.82, 2.24) is 9.97 Å². The minimum atomic E-state index is 0.671. The molecule has 0 radical (unpaired) electrons. The van der Waals surface area contributed by atoms with E-state index in [1.807, 2.05) is 11.8 Å². The molecule has 1 aromatic rings. The summed E-state index contributed by atoms with van der Waals surface area (Å²) >= 11 is 1.92. The molecule has 0 aliphatic heterocycles. The van der Waals surface area contributed by atoms with Crippen molar-refractivity contribution < 1.29 is 0 Å². The molecule has 0 aliphatic carbocycles. The second kappa shape index (κ2) is 8.54. The highest BCUT2D eigenvalue weighted by atomic mass is 32.2. The molecule has 0 saturated heterocycles. The van der Waals surface area contributed by atoms with Gasteiger partial charge in [-0.25, -0.2) is 9.97 Å². The van der Waals surface area contributed by atoms with Crippen LogP contribution in [0.1, 0.15) is 50.5 Å². The van der Waals surface area contributed by atoms with Crippen LogP contribution in [0.25, 0.3) is 0 Å². The van der Waals surface area contributed by atoms with Crippen molar-refractivity contribution in [2.24, 2.45) is 11.7 Å². The van der Waals surface area contributed by atoms with E-state index in [1.165, 1.54) is 17.0 Å². The highest BCUT2D eigenvalue weighted by Crippen LogP contribution is 2.18. The first-order valence-electron chi connectivity index (χ1n) is 7.27. The van der Waals surface area contributed by atoms with Crippen molar-refractivity contribution >= 4 is 11.8 Å². The fourth-order valence-corrected chi connectivity index (χ4v) is 3.01. The number of nitrogens with zero attached hydrogens (tertiary/aromatic N) is 2. The number of rotatable bonds is 8. The molecule has 19 heavy (non-hydrogen) atoms. The molecule has 108 valence electrons. The Labute approximate surface area is 121 Å². The van der Waals surface area contributed by atoms with Gasteiger partial charge in [-0.2, -0.15) is 11.8 Å². The number of thioether (sulfide) groups is 1. The zero-order chi connectivity index (χ0) is 14.3. The molecular formula is C15H27N3S. The Morgan fingerprint density at radius 1 is 1.11 bits per heavy atom. The molecule has 0 aromatic carbocycles. The second-order valence-corrected chi connectivity index (χ2v) is 6.20. The zero-order valence-electron chi connectivity index (χ0n) is 12.7. The van der Waals surface area contributed by atoms with Crippen molar-refractivity contribution in [3.05, 3.63) is 22.8 Å². The van der Waals surface area contributed by atoms with Crippen LogP contribution in [0.3, 0.4) is 0 Å². The van der Waals surface area contributed by atoms with Gasteiger partial charge >= 0.3 is 0 Å². The van der Waals surface area contributed by atoms with Gasteiger partial charge in [0.15, 0.2) is 0 Å². The van der Waals surface area contributed by atoms with Crippen LogP contribution in [-0.2, 0) is 25.0 Å². The Morgan fingerprint density at radius 3 is 2.11 bits per heavy atom. The van der Waals surface area contributed by atoms with Gasteiger partial charge in [0.2, 0.25) is 0 Å². The van der Waals surface area contributed by atoms with Crippen LogP contribution in [0.4, 0.5) is 0 Å². The van der Waals surface area contributed by atoms with E-state index in [-0.39, 0.29) is 0 Å². The molecule has 0 spiro atoms. The van der Waals surface area contributed by atoms with E-state index < -0.39 is 0 Å². The lowest BCUT2D eigenvalue weighted by Gasteiger charge is -2.13. The first kappa shape index (κ1) is 16.4. The topological polar surface area (TPSA) is 51.8 Å². The molecule has 3 nitrogen and oxygen atoms in total. The van der Waals surface area contributed by atoms with Gasteiger partial charge in [0.25, 0.3) is 0 Å². The monoisotopic (exact) mass is 281 g/mol. The Kier molecular flexibility index (Phi) is 7.39. The summed E-state index contributed by atoms with van der Waals surface area (Å²) in [5.41, 5.74) is 9.37. The second-order valence-electron chi connectivity index (χ2n) is 5.17. The van der Waals surface area contributed by atoms with Crippen LogP contribution in [0.5, 0.6) is 0 Å². The maximum absolute atomic E-state index is 5.70. The van der Waals surface area contributed by atoms with Crippen molar-refractivity contribution in [3.63, 3.8) is 0 Å². The quantitative estimate of drug-likeness (QED) is 0.796. The molecular weight excluding hydrogens is 254 g/mol.